The quantitative estimate of drug-likeness (QED) is 0.419. The summed E-state index contributed by atoms with van der Waals surface area (Å²) in [5.74, 6) is -4.73. The highest BCUT2D eigenvalue weighted by molar-refractivity contribution is 6.55. The number of nitrogen functional groups attached to an aromatic ring is 2. The number of ketones is 2. The molecule has 0 aliphatic carbocycles. The number of nitrogens with two attached hydrogens (primary N) is 2. The van der Waals surface area contributed by atoms with Crippen LogP contribution in [0.1, 0.15) is 48.7 Å². The van der Waals surface area contributed by atoms with Gasteiger partial charge in [-0.2, -0.15) is 0 Å². The molecule has 0 spiro atoms. The van der Waals surface area contributed by atoms with E-state index in [2.05, 4.69) is 20.0 Å². The van der Waals surface area contributed by atoms with Crippen molar-refractivity contribution in [2.24, 2.45) is 20.8 Å². The first kappa shape index (κ1) is 22.5. The van der Waals surface area contributed by atoms with Crippen LogP contribution in [0, 0.1) is 10.8 Å². The molecular formula is C20H20N6O6. The number of carbonyl (C=O) groups excluding carboxylic acids is 2. The monoisotopic (exact) mass is 440 g/mol. The van der Waals surface area contributed by atoms with Crippen LogP contribution in [0.5, 0.6) is 0 Å². The Balaban J connectivity index is 1.89. The number of carboxylic acids is 2. The van der Waals surface area contributed by atoms with Gasteiger partial charge in [-0.3, -0.25) is 29.2 Å². The van der Waals surface area contributed by atoms with Gasteiger partial charge in [0.15, 0.2) is 23.0 Å². The van der Waals surface area contributed by atoms with E-state index in [1.165, 1.54) is 40.1 Å². The average molecular weight is 440 g/mol. The molecule has 12 nitrogen and oxygen atoms in total. The summed E-state index contributed by atoms with van der Waals surface area (Å²) in [7, 11) is 0. The molecule has 2 aliphatic heterocycles. The molecule has 6 N–H and O–H groups in total. The van der Waals surface area contributed by atoms with E-state index in [-0.39, 0.29) is 34.0 Å². The molecular weight excluding hydrogens is 420 g/mol. The normalized spacial score (nSPS) is 15.4. The van der Waals surface area contributed by atoms with E-state index < -0.39 is 46.0 Å². The van der Waals surface area contributed by atoms with Gasteiger partial charge in [0.2, 0.25) is 11.6 Å². The Morgan fingerprint density at radius 3 is 1.25 bits per heavy atom. The molecule has 0 saturated carbocycles. The third-order valence-corrected chi connectivity index (χ3v) is 5.38. The second-order valence-electron chi connectivity index (χ2n) is 8.25. The van der Waals surface area contributed by atoms with Crippen LogP contribution in [-0.2, 0) is 9.59 Å². The molecule has 32 heavy (non-hydrogen) atoms. The number of hydrogen-bond donors (Lipinski definition) is 4. The lowest BCUT2D eigenvalue weighted by atomic mass is 9.78. The van der Waals surface area contributed by atoms with E-state index in [0.29, 0.717) is 0 Å². The fourth-order valence-corrected chi connectivity index (χ4v) is 2.91. The van der Waals surface area contributed by atoms with Gasteiger partial charge < -0.3 is 21.7 Å². The van der Waals surface area contributed by atoms with E-state index >= 15 is 0 Å². The summed E-state index contributed by atoms with van der Waals surface area (Å²) in [6.07, 6.45) is 2.53. The number of nitrogens with zero attached hydrogens (tertiary/aromatic N) is 4. The number of aromatic nitrogens is 2. The standard InChI is InChI=1S/C20H20N6O6/c1-19(2,17(29)30)7-5-23-9(7)13(27)11-15(21)26-12(16(22)25-11)14(28)10-8(6-24-10)20(3,4)18(31)32/h5-6H,1-4H3,(H2,22,25)(H2,21,26)(H,29,30)(H,31,32). The Morgan fingerprint density at radius 2 is 1.03 bits per heavy atom. The lowest BCUT2D eigenvalue weighted by molar-refractivity contribution is -0.145. The number of anilines is 2. The molecule has 0 saturated heterocycles. The first-order valence-electron chi connectivity index (χ1n) is 9.28. The highest BCUT2D eigenvalue weighted by Gasteiger charge is 2.43. The minimum atomic E-state index is -1.38. The zero-order valence-corrected chi connectivity index (χ0v) is 17.6. The number of carbonyl (C=O) groups is 4. The summed E-state index contributed by atoms with van der Waals surface area (Å²) in [5, 5.41) is 18.7. The Labute approximate surface area is 181 Å². The Morgan fingerprint density at radius 1 is 0.719 bits per heavy atom. The van der Waals surface area contributed by atoms with Crippen LogP contribution in [0.3, 0.4) is 0 Å². The molecule has 1 aromatic heterocycles. The summed E-state index contributed by atoms with van der Waals surface area (Å²) in [4.78, 5) is 64.1. The summed E-state index contributed by atoms with van der Waals surface area (Å²) >= 11 is 0. The number of carboxylic acid groups (broad SMARTS) is 2. The van der Waals surface area contributed by atoms with Crippen LogP contribution in [0.2, 0.25) is 0 Å². The van der Waals surface area contributed by atoms with Crippen LogP contribution in [0.4, 0.5) is 11.6 Å². The van der Waals surface area contributed by atoms with Crippen molar-refractivity contribution in [1.82, 2.24) is 9.97 Å². The van der Waals surface area contributed by atoms with Crippen LogP contribution in [0.15, 0.2) is 33.5 Å². The summed E-state index contributed by atoms with van der Waals surface area (Å²) < 4.78 is 0. The van der Waals surface area contributed by atoms with Crippen molar-refractivity contribution in [3.05, 3.63) is 34.9 Å². The van der Waals surface area contributed by atoms with Crippen molar-refractivity contribution in [1.29, 1.82) is 0 Å². The molecule has 0 bridgehead atoms. The summed E-state index contributed by atoms with van der Waals surface area (Å²) in [6.45, 7) is 5.66. The SMILES string of the molecule is CC(C)(C(=O)O)C1=CN=C1C(=O)c1nc(N)c(C(=O)C2=NC=C2C(C)(C)C(=O)O)nc1N. The van der Waals surface area contributed by atoms with Gasteiger partial charge in [0.05, 0.1) is 10.8 Å². The molecule has 0 aromatic carbocycles. The van der Waals surface area contributed by atoms with Gasteiger partial charge >= 0.3 is 11.9 Å². The maximum absolute atomic E-state index is 12.8. The third-order valence-electron chi connectivity index (χ3n) is 5.38. The number of Topliss-reactive ketones (excluding diaryl/α,β-unsaturated/α-hetero) is 2. The largest absolute Gasteiger partial charge is 0.481 e. The van der Waals surface area contributed by atoms with Gasteiger partial charge in [-0.05, 0) is 27.7 Å². The van der Waals surface area contributed by atoms with Gasteiger partial charge in [0.25, 0.3) is 0 Å². The predicted octanol–water partition coefficient (Wildman–Crippen LogP) is 0.905. The highest BCUT2D eigenvalue weighted by atomic mass is 16.4. The molecule has 0 amide bonds. The molecule has 0 fully saturated rings. The maximum atomic E-state index is 12.8. The van der Waals surface area contributed by atoms with E-state index in [4.69, 9.17) is 11.5 Å². The molecule has 0 atom stereocenters. The molecule has 0 radical (unpaired) electrons. The first-order chi connectivity index (χ1) is 14.7. The highest BCUT2D eigenvalue weighted by Crippen LogP contribution is 2.35. The van der Waals surface area contributed by atoms with Crippen LogP contribution in [0.25, 0.3) is 0 Å². The molecule has 3 heterocycles. The Hall–Kier alpha value is -4.22. The van der Waals surface area contributed by atoms with E-state index in [9.17, 15) is 29.4 Å². The fraction of sp³-hybridized carbons (Fsp3) is 0.300. The number of hydrogen-bond acceptors (Lipinski definition) is 10. The molecule has 1 aromatic rings. The topological polar surface area (TPSA) is 211 Å². The Bertz CT molecular complexity index is 1140. The van der Waals surface area contributed by atoms with Gasteiger partial charge in [-0.15, -0.1) is 0 Å². The summed E-state index contributed by atoms with van der Waals surface area (Å²) in [6, 6.07) is 0. The smallest absolute Gasteiger partial charge is 0.313 e. The average Bonchev–Trinajstić information content (AvgIpc) is 2.60. The zero-order valence-electron chi connectivity index (χ0n) is 17.6. The van der Waals surface area contributed by atoms with Gasteiger partial charge in [-0.25, -0.2) is 9.97 Å². The zero-order chi connectivity index (χ0) is 24.2. The minimum absolute atomic E-state index is 0.145. The first-order valence-corrected chi connectivity index (χ1v) is 9.28. The van der Waals surface area contributed by atoms with Gasteiger partial charge in [0, 0.05) is 23.5 Å². The van der Waals surface area contributed by atoms with E-state index in [0.717, 1.165) is 0 Å². The van der Waals surface area contributed by atoms with E-state index in [1.54, 1.807) is 0 Å². The second kappa shape index (κ2) is 7.18. The Kier molecular flexibility index (Phi) is 5.04. The number of aliphatic imine (C=N–C) groups is 2. The van der Waals surface area contributed by atoms with E-state index in [1.807, 2.05) is 0 Å². The number of rotatable bonds is 8. The maximum Gasteiger partial charge on any atom is 0.313 e. The van der Waals surface area contributed by atoms with Gasteiger partial charge in [0.1, 0.15) is 11.4 Å². The van der Waals surface area contributed by atoms with Crippen molar-refractivity contribution >= 4 is 46.6 Å². The van der Waals surface area contributed by atoms with Crippen molar-refractivity contribution < 1.29 is 29.4 Å². The van der Waals surface area contributed by atoms with Crippen molar-refractivity contribution in [2.45, 2.75) is 27.7 Å². The molecule has 12 heteroatoms. The van der Waals surface area contributed by atoms with Crippen LogP contribution >= 0.6 is 0 Å². The van der Waals surface area contributed by atoms with Crippen LogP contribution < -0.4 is 11.5 Å². The van der Waals surface area contributed by atoms with Crippen LogP contribution in [-0.4, -0.2) is 55.1 Å². The predicted molar refractivity (Wildman–Crippen MR) is 113 cm³/mol. The molecule has 166 valence electrons. The summed E-state index contributed by atoms with van der Waals surface area (Å²) in [5.41, 5.74) is 8.25. The van der Waals surface area contributed by atoms with Crippen molar-refractivity contribution in [3.8, 4) is 0 Å². The molecule has 0 unspecified atom stereocenters. The molecule has 3 rings (SSSR count). The number of aliphatic carboxylic acids is 2. The van der Waals surface area contributed by atoms with Crippen molar-refractivity contribution in [2.75, 3.05) is 11.5 Å². The molecule has 2 aliphatic rings. The lowest BCUT2D eigenvalue weighted by Crippen LogP contribution is -2.38. The fourth-order valence-electron chi connectivity index (χ4n) is 2.91. The van der Waals surface area contributed by atoms with Gasteiger partial charge in [-0.1, -0.05) is 0 Å². The minimum Gasteiger partial charge on any atom is -0.481 e. The van der Waals surface area contributed by atoms with Crippen molar-refractivity contribution in [3.63, 3.8) is 0 Å². The second-order valence-corrected chi connectivity index (χ2v) is 8.25. The third kappa shape index (κ3) is 3.25. The lowest BCUT2D eigenvalue weighted by Gasteiger charge is -2.27.